The van der Waals surface area contributed by atoms with Crippen LogP contribution in [0.5, 0.6) is 0 Å². The number of carbonyl (C=O) groups is 2. The Morgan fingerprint density at radius 2 is 1.86 bits per heavy atom. The SMILES string of the molecule is Cn1cccc1/C=C1/NC(=O)N(c2ccc(Cl)cc2)C1=O. The summed E-state index contributed by atoms with van der Waals surface area (Å²) in [5, 5.41) is 3.13. The lowest BCUT2D eigenvalue weighted by Gasteiger charge is -2.11. The number of hydrogen-bond acceptors (Lipinski definition) is 2. The van der Waals surface area contributed by atoms with E-state index in [2.05, 4.69) is 5.32 Å². The minimum absolute atomic E-state index is 0.247. The van der Waals surface area contributed by atoms with Crippen LogP contribution in [-0.4, -0.2) is 16.5 Å². The Hall–Kier alpha value is -2.53. The number of rotatable bonds is 2. The van der Waals surface area contributed by atoms with E-state index >= 15 is 0 Å². The first-order valence-electron chi connectivity index (χ1n) is 6.30. The highest BCUT2D eigenvalue weighted by Crippen LogP contribution is 2.23. The number of carbonyl (C=O) groups excluding carboxylic acids is 2. The van der Waals surface area contributed by atoms with E-state index in [1.54, 1.807) is 30.3 Å². The highest BCUT2D eigenvalue weighted by Gasteiger charge is 2.34. The lowest BCUT2D eigenvalue weighted by Crippen LogP contribution is -2.30. The van der Waals surface area contributed by atoms with E-state index in [9.17, 15) is 9.59 Å². The van der Waals surface area contributed by atoms with Crippen molar-refractivity contribution >= 4 is 35.3 Å². The fourth-order valence-corrected chi connectivity index (χ4v) is 2.26. The summed E-state index contributed by atoms with van der Waals surface area (Å²) in [6.45, 7) is 0. The quantitative estimate of drug-likeness (QED) is 0.685. The van der Waals surface area contributed by atoms with Crippen molar-refractivity contribution in [1.29, 1.82) is 0 Å². The lowest BCUT2D eigenvalue weighted by atomic mass is 10.2. The molecule has 2 aromatic rings. The van der Waals surface area contributed by atoms with Crippen LogP contribution < -0.4 is 10.2 Å². The van der Waals surface area contributed by atoms with Gasteiger partial charge in [0.1, 0.15) is 5.70 Å². The molecule has 5 nitrogen and oxygen atoms in total. The number of anilines is 1. The molecule has 1 fully saturated rings. The van der Waals surface area contributed by atoms with Crippen molar-refractivity contribution in [2.75, 3.05) is 4.90 Å². The second-order valence-corrected chi connectivity index (χ2v) is 5.09. The van der Waals surface area contributed by atoms with Gasteiger partial charge in [-0.15, -0.1) is 0 Å². The maximum Gasteiger partial charge on any atom is 0.333 e. The molecule has 21 heavy (non-hydrogen) atoms. The third-order valence-electron chi connectivity index (χ3n) is 3.24. The van der Waals surface area contributed by atoms with Gasteiger partial charge in [-0.25, -0.2) is 9.69 Å². The summed E-state index contributed by atoms with van der Waals surface area (Å²) < 4.78 is 1.86. The van der Waals surface area contributed by atoms with Gasteiger partial charge >= 0.3 is 6.03 Å². The van der Waals surface area contributed by atoms with Crippen molar-refractivity contribution in [3.05, 3.63) is 59.0 Å². The number of urea groups is 1. The summed E-state index contributed by atoms with van der Waals surface area (Å²) in [7, 11) is 1.87. The van der Waals surface area contributed by atoms with Gasteiger partial charge in [0.25, 0.3) is 5.91 Å². The topological polar surface area (TPSA) is 54.3 Å². The van der Waals surface area contributed by atoms with Crippen LogP contribution in [0.25, 0.3) is 6.08 Å². The van der Waals surface area contributed by atoms with E-state index in [1.165, 1.54) is 0 Å². The van der Waals surface area contributed by atoms with Crippen LogP contribution in [0.3, 0.4) is 0 Å². The number of aryl methyl sites for hydroxylation is 1. The van der Waals surface area contributed by atoms with Crippen molar-refractivity contribution in [2.24, 2.45) is 7.05 Å². The Morgan fingerprint density at radius 1 is 1.14 bits per heavy atom. The molecule has 3 amide bonds. The molecule has 0 atom stereocenters. The van der Waals surface area contributed by atoms with Crippen molar-refractivity contribution < 1.29 is 9.59 Å². The average molecular weight is 302 g/mol. The van der Waals surface area contributed by atoms with Crippen LogP contribution in [-0.2, 0) is 11.8 Å². The summed E-state index contributed by atoms with van der Waals surface area (Å²) in [5.41, 5.74) is 1.56. The zero-order valence-corrected chi connectivity index (χ0v) is 12.0. The van der Waals surface area contributed by atoms with Gasteiger partial charge in [0.05, 0.1) is 5.69 Å². The van der Waals surface area contributed by atoms with Gasteiger partial charge in [-0.2, -0.15) is 0 Å². The summed E-state index contributed by atoms with van der Waals surface area (Å²) in [5.74, 6) is -0.386. The van der Waals surface area contributed by atoms with E-state index in [4.69, 9.17) is 11.6 Å². The molecule has 0 unspecified atom stereocenters. The Morgan fingerprint density at radius 3 is 2.48 bits per heavy atom. The minimum Gasteiger partial charge on any atom is -0.351 e. The fourth-order valence-electron chi connectivity index (χ4n) is 2.13. The molecular formula is C15H12ClN3O2. The monoisotopic (exact) mass is 301 g/mol. The maximum absolute atomic E-state index is 12.4. The molecule has 0 bridgehead atoms. The number of benzene rings is 1. The van der Waals surface area contributed by atoms with Crippen LogP contribution in [0.15, 0.2) is 48.3 Å². The second kappa shape index (κ2) is 5.10. The molecule has 1 aromatic carbocycles. The summed E-state index contributed by atoms with van der Waals surface area (Å²) in [4.78, 5) is 25.5. The van der Waals surface area contributed by atoms with E-state index < -0.39 is 6.03 Å². The van der Waals surface area contributed by atoms with Crippen LogP contribution in [0.4, 0.5) is 10.5 Å². The highest BCUT2D eigenvalue weighted by atomic mass is 35.5. The molecular weight excluding hydrogens is 290 g/mol. The van der Waals surface area contributed by atoms with Crippen LogP contribution in [0.1, 0.15) is 5.69 Å². The molecule has 0 aliphatic carbocycles. The fraction of sp³-hybridized carbons (Fsp3) is 0.0667. The molecule has 3 rings (SSSR count). The first-order valence-corrected chi connectivity index (χ1v) is 6.68. The molecule has 1 N–H and O–H groups in total. The van der Waals surface area contributed by atoms with Crippen molar-refractivity contribution in [3.8, 4) is 0 Å². The predicted molar refractivity (Wildman–Crippen MR) is 80.9 cm³/mol. The summed E-state index contributed by atoms with van der Waals surface area (Å²) in [6, 6.07) is 9.79. The largest absolute Gasteiger partial charge is 0.351 e. The van der Waals surface area contributed by atoms with Gasteiger partial charge in [0, 0.05) is 24.0 Å². The Bertz CT molecular complexity index is 747. The zero-order valence-electron chi connectivity index (χ0n) is 11.2. The normalized spacial score (nSPS) is 16.7. The van der Waals surface area contributed by atoms with E-state index in [0.717, 1.165) is 10.6 Å². The number of nitrogens with zero attached hydrogens (tertiary/aromatic N) is 2. The number of nitrogens with one attached hydrogen (secondary N) is 1. The standard InChI is InChI=1S/C15H12ClN3O2/c1-18-8-2-3-12(18)9-13-14(20)19(15(21)17-13)11-6-4-10(16)5-7-11/h2-9H,1H3,(H,17,21)/b13-9+. The molecule has 1 saturated heterocycles. The highest BCUT2D eigenvalue weighted by molar-refractivity contribution is 6.31. The lowest BCUT2D eigenvalue weighted by molar-refractivity contribution is -0.113. The predicted octanol–water partition coefficient (Wildman–Crippen LogP) is 2.78. The minimum atomic E-state index is -0.470. The Kier molecular flexibility index (Phi) is 3.27. The van der Waals surface area contributed by atoms with E-state index in [0.29, 0.717) is 10.7 Å². The summed E-state index contributed by atoms with van der Waals surface area (Å²) in [6.07, 6.45) is 3.51. The van der Waals surface area contributed by atoms with E-state index in [-0.39, 0.29) is 11.6 Å². The molecule has 1 aliphatic rings. The molecule has 1 aromatic heterocycles. The molecule has 0 saturated carbocycles. The average Bonchev–Trinajstić information content (AvgIpc) is 2.97. The Balaban J connectivity index is 1.94. The summed E-state index contributed by atoms with van der Waals surface area (Å²) >= 11 is 5.81. The van der Waals surface area contributed by atoms with Gasteiger partial charge < -0.3 is 9.88 Å². The number of hydrogen-bond donors (Lipinski definition) is 1. The number of aromatic nitrogens is 1. The van der Waals surface area contributed by atoms with Gasteiger partial charge in [-0.05, 0) is 42.5 Å². The third-order valence-corrected chi connectivity index (χ3v) is 3.49. The van der Waals surface area contributed by atoms with Crippen molar-refractivity contribution in [1.82, 2.24) is 9.88 Å². The zero-order chi connectivity index (χ0) is 15.0. The molecule has 1 aliphatic heterocycles. The van der Waals surface area contributed by atoms with Crippen LogP contribution in [0, 0.1) is 0 Å². The van der Waals surface area contributed by atoms with Crippen molar-refractivity contribution in [2.45, 2.75) is 0 Å². The second-order valence-electron chi connectivity index (χ2n) is 4.65. The van der Waals surface area contributed by atoms with Gasteiger partial charge in [-0.3, -0.25) is 4.79 Å². The van der Waals surface area contributed by atoms with Gasteiger partial charge in [0.2, 0.25) is 0 Å². The molecule has 6 heteroatoms. The van der Waals surface area contributed by atoms with Crippen molar-refractivity contribution in [3.63, 3.8) is 0 Å². The van der Waals surface area contributed by atoms with E-state index in [1.807, 2.05) is 29.9 Å². The first kappa shape index (κ1) is 13.5. The number of imide groups is 1. The van der Waals surface area contributed by atoms with Gasteiger partial charge in [0.15, 0.2) is 0 Å². The Labute approximate surface area is 126 Å². The number of halogens is 1. The first-order chi connectivity index (χ1) is 10.1. The maximum atomic E-state index is 12.4. The number of amides is 3. The molecule has 0 radical (unpaired) electrons. The molecule has 2 heterocycles. The van der Waals surface area contributed by atoms with Crippen LogP contribution in [0.2, 0.25) is 5.02 Å². The van der Waals surface area contributed by atoms with Gasteiger partial charge in [-0.1, -0.05) is 11.6 Å². The molecule has 0 spiro atoms. The third kappa shape index (κ3) is 2.43. The van der Waals surface area contributed by atoms with Crippen LogP contribution >= 0.6 is 11.6 Å². The smallest absolute Gasteiger partial charge is 0.333 e. The molecule has 106 valence electrons.